The lowest BCUT2D eigenvalue weighted by Gasteiger charge is -2.25. The third-order valence-corrected chi connectivity index (χ3v) is 1.44. The molecule has 0 saturated carbocycles. The van der Waals surface area contributed by atoms with Crippen LogP contribution < -0.4 is 0 Å². The van der Waals surface area contributed by atoms with Gasteiger partial charge in [-0.25, -0.2) is 4.79 Å². The molecule has 1 heterocycles. The van der Waals surface area contributed by atoms with Crippen LogP contribution in [-0.4, -0.2) is 24.8 Å². The van der Waals surface area contributed by atoms with Gasteiger partial charge in [0.1, 0.15) is 12.7 Å². The van der Waals surface area contributed by atoms with Gasteiger partial charge in [-0.1, -0.05) is 0 Å². The first-order valence-corrected chi connectivity index (χ1v) is 3.01. The predicted molar refractivity (Wildman–Crippen MR) is 31.0 cm³/mol. The third-order valence-electron chi connectivity index (χ3n) is 1.44. The number of hydrogen-bond acceptors (Lipinski definition) is 3. The monoisotopic (exact) mass is 130 g/mol. The molecule has 0 radical (unpaired) electrons. The molecule has 1 rings (SSSR count). The van der Waals surface area contributed by atoms with Crippen molar-refractivity contribution >= 4 is 5.97 Å². The Morgan fingerprint density at radius 2 is 2.11 bits per heavy atom. The fourth-order valence-electron chi connectivity index (χ4n) is 0.672. The molecule has 0 aliphatic carbocycles. The normalized spacial score (nSPS) is 36.0. The molecule has 3 heteroatoms. The second-order valence-corrected chi connectivity index (χ2v) is 2.21. The van der Waals surface area contributed by atoms with E-state index in [2.05, 4.69) is 0 Å². The highest BCUT2D eigenvalue weighted by Gasteiger charge is 2.23. The fourth-order valence-corrected chi connectivity index (χ4v) is 0.672. The number of carbonyl (C=O) groups is 1. The molecule has 0 N–H and O–H groups in total. The van der Waals surface area contributed by atoms with Crippen molar-refractivity contribution in [3.63, 3.8) is 0 Å². The maximum atomic E-state index is 10.5. The van der Waals surface area contributed by atoms with Crippen molar-refractivity contribution in [3.8, 4) is 0 Å². The SMILES string of the molecule is C[C@H]1OCC(=O)O[C@@H]1C. The molecule has 0 spiro atoms. The van der Waals surface area contributed by atoms with Gasteiger partial charge in [-0.15, -0.1) is 0 Å². The molecule has 0 amide bonds. The van der Waals surface area contributed by atoms with Gasteiger partial charge in [0, 0.05) is 0 Å². The van der Waals surface area contributed by atoms with Gasteiger partial charge in [-0.05, 0) is 13.8 Å². The molecule has 0 aromatic rings. The molecule has 0 aromatic carbocycles. The van der Waals surface area contributed by atoms with Crippen molar-refractivity contribution in [2.75, 3.05) is 6.61 Å². The van der Waals surface area contributed by atoms with Gasteiger partial charge in [0.25, 0.3) is 0 Å². The molecule has 0 bridgehead atoms. The van der Waals surface area contributed by atoms with Crippen LogP contribution in [0, 0.1) is 0 Å². The molecule has 52 valence electrons. The number of esters is 1. The van der Waals surface area contributed by atoms with Crippen LogP contribution in [0.5, 0.6) is 0 Å². The van der Waals surface area contributed by atoms with E-state index >= 15 is 0 Å². The van der Waals surface area contributed by atoms with E-state index in [0.717, 1.165) is 0 Å². The predicted octanol–water partition coefficient (Wildman–Crippen LogP) is 0.337. The average molecular weight is 130 g/mol. The van der Waals surface area contributed by atoms with E-state index in [1.54, 1.807) is 0 Å². The van der Waals surface area contributed by atoms with Gasteiger partial charge in [-0.3, -0.25) is 0 Å². The lowest BCUT2D eigenvalue weighted by molar-refractivity contribution is -0.178. The smallest absolute Gasteiger partial charge is 0.332 e. The van der Waals surface area contributed by atoms with Gasteiger partial charge < -0.3 is 9.47 Å². The quantitative estimate of drug-likeness (QED) is 0.443. The Balaban J connectivity index is 2.44. The van der Waals surface area contributed by atoms with Crippen molar-refractivity contribution in [2.24, 2.45) is 0 Å². The minimum absolute atomic E-state index is 0.0442. The van der Waals surface area contributed by atoms with Crippen LogP contribution in [0.15, 0.2) is 0 Å². The first-order valence-electron chi connectivity index (χ1n) is 3.01. The summed E-state index contributed by atoms with van der Waals surface area (Å²) < 4.78 is 9.86. The Morgan fingerprint density at radius 1 is 1.44 bits per heavy atom. The van der Waals surface area contributed by atoms with Crippen molar-refractivity contribution in [1.29, 1.82) is 0 Å². The second-order valence-electron chi connectivity index (χ2n) is 2.21. The molecule has 0 unspecified atom stereocenters. The van der Waals surface area contributed by atoms with Crippen molar-refractivity contribution in [2.45, 2.75) is 26.1 Å². The Bertz CT molecular complexity index is 121. The van der Waals surface area contributed by atoms with Crippen LogP contribution in [0.1, 0.15) is 13.8 Å². The highest BCUT2D eigenvalue weighted by molar-refractivity contribution is 5.71. The van der Waals surface area contributed by atoms with Gasteiger partial charge in [0.05, 0.1) is 6.10 Å². The summed E-state index contributed by atoms with van der Waals surface area (Å²) in [4.78, 5) is 10.5. The van der Waals surface area contributed by atoms with E-state index in [0.29, 0.717) is 0 Å². The number of hydrogen-bond donors (Lipinski definition) is 0. The lowest BCUT2D eigenvalue weighted by atomic mass is 10.2. The second kappa shape index (κ2) is 2.35. The van der Waals surface area contributed by atoms with E-state index in [4.69, 9.17) is 9.47 Å². The van der Waals surface area contributed by atoms with Crippen LogP contribution in [-0.2, 0) is 14.3 Å². The zero-order chi connectivity index (χ0) is 6.85. The van der Waals surface area contributed by atoms with Crippen LogP contribution >= 0.6 is 0 Å². The largest absolute Gasteiger partial charge is 0.458 e. The van der Waals surface area contributed by atoms with E-state index in [-0.39, 0.29) is 24.8 Å². The van der Waals surface area contributed by atoms with Crippen molar-refractivity contribution < 1.29 is 14.3 Å². The Hall–Kier alpha value is -0.570. The van der Waals surface area contributed by atoms with Gasteiger partial charge in [0.2, 0.25) is 0 Å². The summed E-state index contributed by atoms with van der Waals surface area (Å²) in [5, 5.41) is 0. The molecule has 0 aromatic heterocycles. The first-order chi connectivity index (χ1) is 4.20. The summed E-state index contributed by atoms with van der Waals surface area (Å²) in [6.45, 7) is 3.81. The van der Waals surface area contributed by atoms with Crippen LogP contribution in [0.3, 0.4) is 0 Å². The summed E-state index contributed by atoms with van der Waals surface area (Å²) in [5.74, 6) is -0.263. The minimum atomic E-state index is -0.263. The summed E-state index contributed by atoms with van der Waals surface area (Å²) in [7, 11) is 0. The highest BCUT2D eigenvalue weighted by atomic mass is 16.6. The third kappa shape index (κ3) is 1.42. The molecule has 2 atom stereocenters. The lowest BCUT2D eigenvalue weighted by Crippen LogP contribution is -2.37. The van der Waals surface area contributed by atoms with E-state index in [1.807, 2.05) is 13.8 Å². The standard InChI is InChI=1S/C6H10O3/c1-4-5(2)9-6(7)3-8-4/h4-5H,3H2,1-2H3/t4-,5-/m1/s1. The molecule has 1 fully saturated rings. The summed E-state index contributed by atoms with van der Waals surface area (Å²) in [6, 6.07) is 0. The molecule has 1 saturated heterocycles. The highest BCUT2D eigenvalue weighted by Crippen LogP contribution is 2.08. The summed E-state index contributed by atoms with van der Waals surface area (Å²) in [6.07, 6.45) is -0.0473. The molecular formula is C6H10O3. The number of carbonyl (C=O) groups excluding carboxylic acids is 1. The first kappa shape index (κ1) is 6.55. The van der Waals surface area contributed by atoms with Crippen LogP contribution in [0.4, 0.5) is 0 Å². The van der Waals surface area contributed by atoms with E-state index in [1.165, 1.54) is 0 Å². The molecular weight excluding hydrogens is 120 g/mol. The molecule has 3 nitrogen and oxygen atoms in total. The zero-order valence-electron chi connectivity index (χ0n) is 5.59. The van der Waals surface area contributed by atoms with E-state index < -0.39 is 0 Å². The number of cyclic esters (lactones) is 1. The summed E-state index contributed by atoms with van der Waals surface area (Å²) in [5.41, 5.74) is 0. The van der Waals surface area contributed by atoms with Crippen LogP contribution in [0.2, 0.25) is 0 Å². The zero-order valence-corrected chi connectivity index (χ0v) is 5.59. The van der Waals surface area contributed by atoms with Gasteiger partial charge in [0.15, 0.2) is 0 Å². The Labute approximate surface area is 53.9 Å². The van der Waals surface area contributed by atoms with Gasteiger partial charge in [-0.2, -0.15) is 0 Å². The maximum Gasteiger partial charge on any atom is 0.332 e. The number of rotatable bonds is 0. The summed E-state index contributed by atoms with van der Waals surface area (Å²) >= 11 is 0. The Morgan fingerprint density at radius 3 is 2.56 bits per heavy atom. The van der Waals surface area contributed by atoms with Gasteiger partial charge >= 0.3 is 5.97 Å². The van der Waals surface area contributed by atoms with E-state index in [9.17, 15) is 4.79 Å². The topological polar surface area (TPSA) is 35.5 Å². The molecule has 1 aliphatic rings. The fraction of sp³-hybridized carbons (Fsp3) is 0.833. The van der Waals surface area contributed by atoms with Crippen molar-refractivity contribution in [3.05, 3.63) is 0 Å². The minimum Gasteiger partial charge on any atom is -0.458 e. The maximum absolute atomic E-state index is 10.5. The average Bonchev–Trinajstić information content (AvgIpc) is 1.80. The van der Waals surface area contributed by atoms with Crippen molar-refractivity contribution in [1.82, 2.24) is 0 Å². The van der Waals surface area contributed by atoms with Crippen LogP contribution in [0.25, 0.3) is 0 Å². The Kier molecular flexibility index (Phi) is 1.71. The molecule has 1 aliphatic heterocycles. The molecule has 9 heavy (non-hydrogen) atoms. The number of ether oxygens (including phenoxy) is 2.